The van der Waals surface area contributed by atoms with Crippen LogP contribution >= 0.6 is 15.9 Å². The third kappa shape index (κ3) is 2.40. The van der Waals surface area contributed by atoms with Crippen molar-refractivity contribution in [2.45, 2.75) is 25.8 Å². The molecule has 0 N–H and O–H groups in total. The van der Waals surface area contributed by atoms with Gasteiger partial charge in [-0.3, -0.25) is 4.90 Å². The fourth-order valence-corrected chi connectivity index (χ4v) is 2.36. The average molecular weight is 272 g/mol. The van der Waals surface area contributed by atoms with Crippen molar-refractivity contribution in [3.8, 4) is 0 Å². The maximum absolute atomic E-state index is 13.4. The monoisotopic (exact) mass is 271 g/mol. The van der Waals surface area contributed by atoms with E-state index in [4.69, 9.17) is 0 Å². The quantitative estimate of drug-likeness (QED) is 0.792. The predicted molar refractivity (Wildman–Crippen MR) is 63.3 cm³/mol. The summed E-state index contributed by atoms with van der Waals surface area (Å²) in [6, 6.07) is 5.75. The fourth-order valence-electron chi connectivity index (χ4n) is 2.11. The van der Waals surface area contributed by atoms with Crippen molar-refractivity contribution in [2.24, 2.45) is 0 Å². The minimum atomic E-state index is -0.168. The summed E-state index contributed by atoms with van der Waals surface area (Å²) in [5, 5.41) is 0. The van der Waals surface area contributed by atoms with Crippen LogP contribution in [0.15, 0.2) is 22.7 Å². The molecule has 0 saturated carbocycles. The Balaban J connectivity index is 2.17. The Labute approximate surface area is 98.4 Å². The second-order valence-corrected chi connectivity index (χ2v) is 4.95. The van der Waals surface area contributed by atoms with Gasteiger partial charge in [-0.25, -0.2) is 4.39 Å². The van der Waals surface area contributed by atoms with Gasteiger partial charge in [0.1, 0.15) is 5.82 Å². The second-order valence-electron chi connectivity index (χ2n) is 4.09. The second kappa shape index (κ2) is 4.62. The average Bonchev–Trinajstić information content (AvgIpc) is 2.74. The Morgan fingerprint density at radius 1 is 1.33 bits per heavy atom. The number of rotatable bonds is 2. The molecule has 1 heterocycles. The molecule has 0 aromatic heterocycles. The minimum absolute atomic E-state index is 0.168. The fraction of sp³-hybridized carbons (Fsp3) is 0.500. The van der Waals surface area contributed by atoms with E-state index in [0.717, 1.165) is 18.7 Å². The van der Waals surface area contributed by atoms with E-state index in [1.807, 2.05) is 6.07 Å². The van der Waals surface area contributed by atoms with E-state index in [-0.39, 0.29) is 5.82 Å². The van der Waals surface area contributed by atoms with Gasteiger partial charge < -0.3 is 0 Å². The molecule has 3 heteroatoms. The summed E-state index contributed by atoms with van der Waals surface area (Å²) in [4.78, 5) is 2.41. The van der Waals surface area contributed by atoms with Crippen LogP contribution in [0.2, 0.25) is 0 Å². The number of hydrogen-bond donors (Lipinski definition) is 0. The van der Waals surface area contributed by atoms with Crippen molar-refractivity contribution in [3.63, 3.8) is 0 Å². The van der Waals surface area contributed by atoms with Gasteiger partial charge in [0.15, 0.2) is 0 Å². The predicted octanol–water partition coefficient (Wildman–Crippen LogP) is 3.75. The molecule has 0 radical (unpaired) electrons. The molecule has 1 unspecified atom stereocenters. The Morgan fingerprint density at radius 3 is 2.60 bits per heavy atom. The molecule has 1 aliphatic rings. The Kier molecular flexibility index (Phi) is 3.42. The van der Waals surface area contributed by atoms with Crippen molar-refractivity contribution < 1.29 is 4.39 Å². The SMILES string of the molecule is CC(c1ccc(Br)c(F)c1)N1CCCC1. The number of nitrogens with zero attached hydrogens (tertiary/aromatic N) is 1. The van der Waals surface area contributed by atoms with E-state index in [0.29, 0.717) is 10.5 Å². The lowest BCUT2D eigenvalue weighted by Crippen LogP contribution is -2.23. The van der Waals surface area contributed by atoms with Crippen LogP contribution in [0.1, 0.15) is 31.4 Å². The molecule has 1 atom stereocenters. The summed E-state index contributed by atoms with van der Waals surface area (Å²) in [6.07, 6.45) is 2.53. The lowest BCUT2D eigenvalue weighted by atomic mass is 10.1. The standard InChI is InChI=1S/C12H15BrFN/c1-9(15-6-2-3-7-15)10-4-5-11(13)12(14)8-10/h4-5,8-9H,2-3,6-7H2,1H3. The molecule has 1 aliphatic heterocycles. The molecule has 82 valence electrons. The van der Waals surface area contributed by atoms with Crippen molar-refractivity contribution in [2.75, 3.05) is 13.1 Å². The van der Waals surface area contributed by atoms with E-state index in [2.05, 4.69) is 27.8 Å². The van der Waals surface area contributed by atoms with E-state index < -0.39 is 0 Å². The zero-order valence-electron chi connectivity index (χ0n) is 8.84. The summed E-state index contributed by atoms with van der Waals surface area (Å²) >= 11 is 3.17. The summed E-state index contributed by atoms with van der Waals surface area (Å²) in [5.74, 6) is -0.168. The third-order valence-electron chi connectivity index (χ3n) is 3.11. The molecule has 2 rings (SSSR count). The molecule has 1 aromatic carbocycles. The molecular formula is C12H15BrFN. The molecule has 1 fully saturated rings. The largest absolute Gasteiger partial charge is 0.297 e. The zero-order chi connectivity index (χ0) is 10.8. The van der Waals surface area contributed by atoms with Gasteiger partial charge in [0.2, 0.25) is 0 Å². The lowest BCUT2D eigenvalue weighted by molar-refractivity contribution is 0.262. The first-order valence-corrected chi connectivity index (χ1v) is 6.17. The van der Waals surface area contributed by atoms with Crippen LogP contribution in [0.4, 0.5) is 4.39 Å². The number of halogens is 2. The highest BCUT2D eigenvalue weighted by atomic mass is 79.9. The highest BCUT2D eigenvalue weighted by Gasteiger charge is 2.19. The van der Waals surface area contributed by atoms with Crippen LogP contribution in [0.3, 0.4) is 0 Å². The molecule has 1 aromatic rings. The van der Waals surface area contributed by atoms with Crippen LogP contribution in [0.25, 0.3) is 0 Å². The van der Waals surface area contributed by atoms with E-state index in [1.165, 1.54) is 12.8 Å². The van der Waals surface area contributed by atoms with Gasteiger partial charge >= 0.3 is 0 Å². The Morgan fingerprint density at radius 2 is 2.00 bits per heavy atom. The molecule has 0 spiro atoms. The van der Waals surface area contributed by atoms with Crippen LogP contribution < -0.4 is 0 Å². The lowest BCUT2D eigenvalue weighted by Gasteiger charge is -2.24. The zero-order valence-corrected chi connectivity index (χ0v) is 10.4. The molecule has 0 aliphatic carbocycles. The number of likely N-dealkylation sites (tertiary alicyclic amines) is 1. The number of benzene rings is 1. The van der Waals surface area contributed by atoms with Gasteiger partial charge in [-0.15, -0.1) is 0 Å². The van der Waals surface area contributed by atoms with Crippen LogP contribution in [-0.4, -0.2) is 18.0 Å². The molecule has 15 heavy (non-hydrogen) atoms. The summed E-state index contributed by atoms with van der Waals surface area (Å²) in [7, 11) is 0. The molecule has 0 amide bonds. The Hall–Kier alpha value is -0.410. The highest BCUT2D eigenvalue weighted by molar-refractivity contribution is 9.10. The number of hydrogen-bond acceptors (Lipinski definition) is 1. The molecule has 1 saturated heterocycles. The highest BCUT2D eigenvalue weighted by Crippen LogP contribution is 2.26. The summed E-state index contributed by atoms with van der Waals surface area (Å²) in [6.45, 7) is 4.42. The van der Waals surface area contributed by atoms with Gasteiger partial charge in [-0.05, 0) is 66.5 Å². The first-order valence-electron chi connectivity index (χ1n) is 5.37. The van der Waals surface area contributed by atoms with Crippen LogP contribution in [-0.2, 0) is 0 Å². The van der Waals surface area contributed by atoms with Crippen molar-refractivity contribution >= 4 is 15.9 Å². The first-order chi connectivity index (χ1) is 7.18. The van der Waals surface area contributed by atoms with Gasteiger partial charge in [0.05, 0.1) is 4.47 Å². The summed E-state index contributed by atoms with van der Waals surface area (Å²) in [5.41, 5.74) is 1.07. The first kappa shape index (κ1) is 11.1. The van der Waals surface area contributed by atoms with Gasteiger partial charge in [0.25, 0.3) is 0 Å². The van der Waals surface area contributed by atoms with Gasteiger partial charge in [-0.2, -0.15) is 0 Å². The molecular weight excluding hydrogens is 257 g/mol. The van der Waals surface area contributed by atoms with Crippen molar-refractivity contribution in [1.29, 1.82) is 0 Å². The van der Waals surface area contributed by atoms with Crippen LogP contribution in [0.5, 0.6) is 0 Å². The summed E-state index contributed by atoms with van der Waals surface area (Å²) < 4.78 is 13.9. The Bertz CT molecular complexity index is 347. The van der Waals surface area contributed by atoms with E-state index in [9.17, 15) is 4.39 Å². The normalized spacial score (nSPS) is 19.4. The van der Waals surface area contributed by atoms with Crippen molar-refractivity contribution in [3.05, 3.63) is 34.1 Å². The molecule has 0 bridgehead atoms. The van der Waals surface area contributed by atoms with E-state index in [1.54, 1.807) is 12.1 Å². The maximum Gasteiger partial charge on any atom is 0.137 e. The smallest absolute Gasteiger partial charge is 0.137 e. The van der Waals surface area contributed by atoms with Crippen molar-refractivity contribution in [1.82, 2.24) is 4.90 Å². The van der Waals surface area contributed by atoms with Gasteiger partial charge in [-0.1, -0.05) is 6.07 Å². The van der Waals surface area contributed by atoms with Gasteiger partial charge in [0, 0.05) is 6.04 Å². The topological polar surface area (TPSA) is 3.24 Å². The third-order valence-corrected chi connectivity index (χ3v) is 3.76. The van der Waals surface area contributed by atoms with E-state index >= 15 is 0 Å². The maximum atomic E-state index is 13.4. The van der Waals surface area contributed by atoms with Crippen LogP contribution in [0, 0.1) is 5.82 Å². The molecule has 1 nitrogen and oxygen atoms in total. The minimum Gasteiger partial charge on any atom is -0.297 e.